The van der Waals surface area contributed by atoms with E-state index in [-0.39, 0.29) is 12.5 Å². The molecule has 4 aromatic carbocycles. The average Bonchev–Trinajstić information content (AvgIpc) is 3.60. The molecule has 2 fully saturated rings. The first-order chi connectivity index (χ1) is 21.5. The van der Waals surface area contributed by atoms with Crippen molar-refractivity contribution in [2.45, 2.75) is 51.5 Å². The fourth-order valence-electron chi connectivity index (χ4n) is 6.42. The Hall–Kier alpha value is -3.51. The minimum absolute atomic E-state index is 0.171. The number of benzene rings is 4. The van der Waals surface area contributed by atoms with Crippen molar-refractivity contribution in [2.75, 3.05) is 36.8 Å². The van der Waals surface area contributed by atoms with Gasteiger partial charge in [-0.1, -0.05) is 111 Å². The molecular weight excluding hydrogens is 587 g/mol. The van der Waals surface area contributed by atoms with Crippen LogP contribution in [0, 0.1) is 0 Å². The Bertz CT molecular complexity index is 1500. The molecule has 1 heterocycles. The van der Waals surface area contributed by atoms with Crippen LogP contribution in [0.1, 0.15) is 68.2 Å². The van der Waals surface area contributed by atoms with Gasteiger partial charge >= 0.3 is 0 Å². The lowest BCUT2D eigenvalue weighted by Crippen LogP contribution is -2.48. The third-order valence-corrected chi connectivity index (χ3v) is 9.24. The number of piperazine rings is 1. The molecule has 232 valence electrons. The predicted octanol–water partition coefficient (Wildman–Crippen LogP) is 8.94. The van der Waals surface area contributed by atoms with E-state index in [1.54, 1.807) is 0 Å². The zero-order valence-electron chi connectivity index (χ0n) is 25.8. The summed E-state index contributed by atoms with van der Waals surface area (Å²) in [6.07, 6.45) is 5.54. The highest BCUT2D eigenvalue weighted by molar-refractivity contribution is 6.43. The second kappa shape index (κ2) is 16.5. The lowest BCUT2D eigenvalue weighted by Gasteiger charge is -2.41. The lowest BCUT2D eigenvalue weighted by atomic mass is 9.89. The summed E-state index contributed by atoms with van der Waals surface area (Å²) in [5.74, 6) is 0.686. The molecule has 1 atom stereocenters. The van der Waals surface area contributed by atoms with E-state index >= 15 is 0 Å². The van der Waals surface area contributed by atoms with Gasteiger partial charge in [0.25, 0.3) is 0 Å². The highest BCUT2D eigenvalue weighted by atomic mass is 35.5. The van der Waals surface area contributed by atoms with Crippen molar-refractivity contribution < 1.29 is 4.79 Å². The van der Waals surface area contributed by atoms with E-state index < -0.39 is 0 Å². The molecule has 0 spiro atoms. The van der Waals surface area contributed by atoms with Gasteiger partial charge in [-0.05, 0) is 76.9 Å². The first-order valence-electron chi connectivity index (χ1n) is 15.6. The first kappa shape index (κ1) is 33.4. The number of hydrogen-bond acceptors (Lipinski definition) is 4. The number of nitrogen functional groups attached to an aromatic ring is 1. The molecule has 0 aromatic heterocycles. The maximum absolute atomic E-state index is 8.58. The average molecular weight is 632 g/mol. The van der Waals surface area contributed by atoms with Crippen LogP contribution in [-0.4, -0.2) is 37.5 Å². The van der Waals surface area contributed by atoms with Crippen LogP contribution >= 0.6 is 23.2 Å². The Kier molecular flexibility index (Phi) is 12.5. The molecule has 4 aromatic rings. The van der Waals surface area contributed by atoms with Crippen LogP contribution in [0.25, 0.3) is 11.1 Å². The number of nitrogens with two attached hydrogens (primary N) is 2. The zero-order valence-corrected chi connectivity index (χ0v) is 27.3. The molecule has 0 radical (unpaired) electrons. The molecule has 1 aliphatic heterocycles. The summed E-state index contributed by atoms with van der Waals surface area (Å²) in [4.78, 5) is 13.6. The number of carbonyl (C=O) groups excluding carboxylic acids is 1. The standard InChI is InChI=1S/C34H35Cl2N3.C2H6.CH3NO/c35-31-15-6-16-32(33(31)36)38-17-19-39(20-18-38)34(28-12-3-9-25(21-28)24-7-1-2-8-24)29-13-4-10-26(22-29)27-11-5-14-30(37)23-27;1-2;2-1-3/h3-6,9-16,21-24,34H,1-2,7-8,17-20,37H2;1-2H3;1H,(H2,2,3). The van der Waals surface area contributed by atoms with Gasteiger partial charge in [-0.25, -0.2) is 0 Å². The summed E-state index contributed by atoms with van der Waals surface area (Å²) in [5, 5.41) is 1.25. The molecule has 5 nitrogen and oxygen atoms in total. The van der Waals surface area contributed by atoms with Gasteiger partial charge in [0.15, 0.2) is 0 Å². The highest BCUT2D eigenvalue weighted by Crippen LogP contribution is 2.39. The highest BCUT2D eigenvalue weighted by Gasteiger charge is 2.29. The van der Waals surface area contributed by atoms with Crippen molar-refractivity contribution in [3.05, 3.63) is 118 Å². The van der Waals surface area contributed by atoms with Crippen LogP contribution in [0.15, 0.2) is 91.0 Å². The van der Waals surface area contributed by atoms with Crippen LogP contribution in [0.5, 0.6) is 0 Å². The minimum Gasteiger partial charge on any atom is -0.399 e. The van der Waals surface area contributed by atoms with Gasteiger partial charge in [0.05, 0.1) is 21.8 Å². The fraction of sp³-hybridized carbons (Fsp3) is 0.324. The van der Waals surface area contributed by atoms with Crippen molar-refractivity contribution in [3.8, 4) is 11.1 Å². The minimum atomic E-state index is 0.171. The Balaban J connectivity index is 0.000000834. The summed E-state index contributed by atoms with van der Waals surface area (Å²) in [5.41, 5.74) is 18.6. The maximum Gasteiger partial charge on any atom is 0.204 e. The second-order valence-corrected chi connectivity index (χ2v) is 11.8. The summed E-state index contributed by atoms with van der Waals surface area (Å²) in [7, 11) is 0. The molecule has 1 aliphatic carbocycles. The number of rotatable bonds is 6. The Morgan fingerprint density at radius 3 is 2.00 bits per heavy atom. The first-order valence-corrected chi connectivity index (χ1v) is 16.4. The van der Waals surface area contributed by atoms with E-state index in [0.29, 0.717) is 16.0 Å². The monoisotopic (exact) mass is 630 g/mol. The number of anilines is 2. The van der Waals surface area contributed by atoms with Crippen LogP contribution in [0.3, 0.4) is 0 Å². The van der Waals surface area contributed by atoms with E-state index in [4.69, 9.17) is 33.7 Å². The smallest absolute Gasteiger partial charge is 0.204 e. The SMILES string of the molecule is CC.NC=O.Nc1cccc(-c2cccc(C(c3cccc(C4CCCC4)c3)N3CCN(c4cccc(Cl)c4Cl)CC3)c2)c1. The summed E-state index contributed by atoms with van der Waals surface area (Å²) in [6.45, 7) is 7.66. The normalized spacial score (nSPS) is 15.9. The van der Waals surface area contributed by atoms with Crippen molar-refractivity contribution >= 4 is 41.0 Å². The number of hydrogen-bond donors (Lipinski definition) is 2. The zero-order chi connectivity index (χ0) is 31.5. The molecule has 1 saturated heterocycles. The van der Waals surface area contributed by atoms with Crippen LogP contribution in [0.4, 0.5) is 11.4 Å². The van der Waals surface area contributed by atoms with Gasteiger partial charge in [-0.3, -0.25) is 9.69 Å². The van der Waals surface area contributed by atoms with Crippen LogP contribution in [-0.2, 0) is 4.79 Å². The van der Waals surface area contributed by atoms with Gasteiger partial charge in [0.2, 0.25) is 6.41 Å². The predicted molar refractivity (Wildman–Crippen MR) is 188 cm³/mol. The molecule has 6 rings (SSSR count). The van der Waals surface area contributed by atoms with Gasteiger partial charge in [0, 0.05) is 31.9 Å². The van der Waals surface area contributed by atoms with Gasteiger partial charge in [-0.15, -0.1) is 0 Å². The quantitative estimate of drug-likeness (QED) is 0.165. The number of nitrogens with zero attached hydrogens (tertiary/aromatic N) is 2. The van der Waals surface area contributed by atoms with Crippen molar-refractivity contribution in [2.24, 2.45) is 5.73 Å². The molecule has 4 N–H and O–H groups in total. The topological polar surface area (TPSA) is 75.6 Å². The van der Waals surface area contributed by atoms with Crippen LogP contribution in [0.2, 0.25) is 10.0 Å². The van der Waals surface area contributed by atoms with Gasteiger partial charge in [-0.2, -0.15) is 0 Å². The molecular formula is C37H44Cl2N4O. The summed E-state index contributed by atoms with van der Waals surface area (Å²) < 4.78 is 0. The van der Waals surface area contributed by atoms with E-state index in [1.165, 1.54) is 47.9 Å². The Morgan fingerprint density at radius 1 is 0.773 bits per heavy atom. The number of carbonyl (C=O) groups is 1. The molecule has 2 aliphatic rings. The second-order valence-electron chi connectivity index (χ2n) is 11.0. The van der Waals surface area contributed by atoms with Crippen molar-refractivity contribution in [1.82, 2.24) is 4.90 Å². The van der Waals surface area contributed by atoms with Crippen molar-refractivity contribution in [1.29, 1.82) is 0 Å². The largest absolute Gasteiger partial charge is 0.399 e. The van der Waals surface area contributed by atoms with Crippen molar-refractivity contribution in [3.63, 3.8) is 0 Å². The number of primary amides is 1. The molecule has 44 heavy (non-hydrogen) atoms. The molecule has 1 amide bonds. The van der Waals surface area contributed by atoms with E-state index in [9.17, 15) is 0 Å². The fourth-order valence-corrected chi connectivity index (χ4v) is 6.84. The molecule has 0 bridgehead atoms. The van der Waals surface area contributed by atoms with Crippen LogP contribution < -0.4 is 16.4 Å². The molecule has 1 unspecified atom stereocenters. The van der Waals surface area contributed by atoms with E-state index in [0.717, 1.165) is 43.1 Å². The third kappa shape index (κ3) is 8.15. The van der Waals surface area contributed by atoms with E-state index in [1.807, 2.05) is 38.1 Å². The van der Waals surface area contributed by atoms with Gasteiger partial charge < -0.3 is 16.4 Å². The Labute approximate surface area is 272 Å². The molecule has 7 heteroatoms. The molecule has 1 saturated carbocycles. The lowest BCUT2D eigenvalue weighted by molar-refractivity contribution is -0.106. The summed E-state index contributed by atoms with van der Waals surface area (Å²) in [6, 6.07) is 32.6. The maximum atomic E-state index is 8.58. The van der Waals surface area contributed by atoms with Gasteiger partial charge in [0.1, 0.15) is 0 Å². The number of amides is 1. The number of halogens is 2. The summed E-state index contributed by atoms with van der Waals surface area (Å²) >= 11 is 12.9. The Morgan fingerprint density at radius 2 is 1.34 bits per heavy atom. The third-order valence-electron chi connectivity index (χ3n) is 8.43. The van der Waals surface area contributed by atoms with E-state index in [2.05, 4.69) is 82.3 Å².